The maximum absolute atomic E-state index is 5.08. The van der Waals surface area contributed by atoms with Gasteiger partial charge < -0.3 is 4.57 Å². The highest BCUT2D eigenvalue weighted by Gasteiger charge is 2.02. The first-order valence-corrected chi connectivity index (χ1v) is 3.74. The van der Waals surface area contributed by atoms with Crippen molar-refractivity contribution in [3.63, 3.8) is 0 Å². The van der Waals surface area contributed by atoms with E-state index in [1.165, 1.54) is 0 Å². The van der Waals surface area contributed by atoms with Crippen molar-refractivity contribution in [1.82, 2.24) is 20.1 Å². The molecule has 0 aliphatic carbocycles. The van der Waals surface area contributed by atoms with E-state index >= 15 is 0 Å². The number of hydrogen-bond donors (Lipinski definition) is 1. The molecule has 1 rings (SSSR count). The molecule has 0 atom stereocenters. The number of hydrogen-bond acceptors (Lipinski definition) is 3. The van der Waals surface area contributed by atoms with Gasteiger partial charge in [-0.25, -0.2) is 0 Å². The van der Waals surface area contributed by atoms with Gasteiger partial charge in [-0.2, -0.15) is 0 Å². The number of rotatable bonds is 3. The molecule has 0 spiro atoms. The van der Waals surface area contributed by atoms with Crippen LogP contribution in [0.2, 0.25) is 0 Å². The Kier molecular flexibility index (Phi) is 2.83. The van der Waals surface area contributed by atoms with Gasteiger partial charge >= 0.3 is 0 Å². The Morgan fingerprint density at radius 2 is 2.33 bits per heavy atom. The van der Waals surface area contributed by atoms with Crippen molar-refractivity contribution in [2.45, 2.75) is 13.5 Å². The zero-order chi connectivity index (χ0) is 8.97. The normalized spacial score (nSPS) is 9.75. The zero-order valence-corrected chi connectivity index (χ0v) is 7.33. The Hall–Kier alpha value is -1.34. The van der Waals surface area contributed by atoms with Crippen molar-refractivity contribution in [2.24, 2.45) is 7.05 Å². The second-order valence-corrected chi connectivity index (χ2v) is 2.53. The largest absolute Gasteiger partial charge is 0.317 e. The van der Waals surface area contributed by atoms with Crippen LogP contribution in [0, 0.1) is 19.3 Å². The fraction of sp³-hybridized carbons (Fsp3) is 0.500. The maximum atomic E-state index is 5.08. The van der Waals surface area contributed by atoms with Crippen molar-refractivity contribution in [1.29, 1.82) is 0 Å². The lowest BCUT2D eigenvalue weighted by Gasteiger charge is -2.00. The number of nitrogens with one attached hydrogen (secondary N) is 1. The third-order valence-electron chi connectivity index (χ3n) is 1.69. The van der Waals surface area contributed by atoms with Gasteiger partial charge in [-0.15, -0.1) is 16.6 Å². The van der Waals surface area contributed by atoms with Crippen molar-refractivity contribution in [3.8, 4) is 12.3 Å². The highest BCUT2D eigenvalue weighted by molar-refractivity contribution is 4.93. The number of aryl methyl sites for hydroxylation is 1. The topological polar surface area (TPSA) is 42.7 Å². The van der Waals surface area contributed by atoms with E-state index in [-0.39, 0.29) is 0 Å². The zero-order valence-electron chi connectivity index (χ0n) is 7.33. The summed E-state index contributed by atoms with van der Waals surface area (Å²) in [5, 5.41) is 10.9. The molecule has 4 heteroatoms. The first-order chi connectivity index (χ1) is 5.75. The molecule has 0 saturated carbocycles. The molecular weight excluding hydrogens is 152 g/mol. The number of aromatic nitrogens is 3. The van der Waals surface area contributed by atoms with Crippen molar-refractivity contribution in [2.75, 3.05) is 6.54 Å². The molecule has 0 unspecified atom stereocenters. The van der Waals surface area contributed by atoms with Crippen molar-refractivity contribution >= 4 is 0 Å². The van der Waals surface area contributed by atoms with Gasteiger partial charge in [-0.1, -0.05) is 5.92 Å². The van der Waals surface area contributed by atoms with Crippen LogP contribution in [0.15, 0.2) is 0 Å². The standard InChI is InChI=1S/C8H12N4/c1-4-5-9-6-8-11-10-7(2)12(8)3/h1,9H,5-6H2,2-3H3. The lowest BCUT2D eigenvalue weighted by Crippen LogP contribution is -2.16. The second kappa shape index (κ2) is 3.88. The molecule has 0 amide bonds. The van der Waals surface area contributed by atoms with Gasteiger partial charge in [0.2, 0.25) is 0 Å². The van der Waals surface area contributed by atoms with Crippen LogP contribution in [0.1, 0.15) is 11.6 Å². The molecule has 0 aliphatic heterocycles. The number of nitrogens with zero attached hydrogens (tertiary/aromatic N) is 3. The van der Waals surface area contributed by atoms with E-state index in [2.05, 4.69) is 21.4 Å². The molecule has 0 aromatic carbocycles. The van der Waals surface area contributed by atoms with Crippen LogP contribution < -0.4 is 5.32 Å². The Morgan fingerprint density at radius 3 is 2.83 bits per heavy atom. The number of terminal acetylenes is 1. The summed E-state index contributed by atoms with van der Waals surface area (Å²) in [5.74, 6) is 4.31. The third-order valence-corrected chi connectivity index (χ3v) is 1.69. The predicted octanol–water partition coefficient (Wildman–Crippen LogP) is -0.154. The average molecular weight is 164 g/mol. The van der Waals surface area contributed by atoms with Gasteiger partial charge in [0.15, 0.2) is 0 Å². The summed E-state index contributed by atoms with van der Waals surface area (Å²) < 4.78 is 1.93. The minimum Gasteiger partial charge on any atom is -0.317 e. The quantitative estimate of drug-likeness (QED) is 0.499. The highest BCUT2D eigenvalue weighted by atomic mass is 15.3. The van der Waals surface area contributed by atoms with Gasteiger partial charge in [0.25, 0.3) is 0 Å². The van der Waals surface area contributed by atoms with E-state index < -0.39 is 0 Å². The molecule has 0 radical (unpaired) electrons. The van der Waals surface area contributed by atoms with Crippen molar-refractivity contribution in [3.05, 3.63) is 11.6 Å². The van der Waals surface area contributed by atoms with E-state index in [0.29, 0.717) is 13.1 Å². The summed E-state index contributed by atoms with van der Waals surface area (Å²) >= 11 is 0. The molecule has 1 aromatic rings. The summed E-state index contributed by atoms with van der Waals surface area (Å²) in [5.41, 5.74) is 0. The van der Waals surface area contributed by atoms with Crippen LogP contribution in [0.5, 0.6) is 0 Å². The fourth-order valence-corrected chi connectivity index (χ4v) is 0.851. The molecule has 0 bridgehead atoms. The van der Waals surface area contributed by atoms with E-state index in [4.69, 9.17) is 6.42 Å². The molecule has 0 fully saturated rings. The Balaban J connectivity index is 2.53. The molecule has 12 heavy (non-hydrogen) atoms. The Morgan fingerprint density at radius 1 is 1.58 bits per heavy atom. The van der Waals surface area contributed by atoms with Crippen LogP contribution in [-0.2, 0) is 13.6 Å². The first-order valence-electron chi connectivity index (χ1n) is 3.74. The fourth-order valence-electron chi connectivity index (χ4n) is 0.851. The van der Waals surface area contributed by atoms with Gasteiger partial charge in [0.05, 0.1) is 13.1 Å². The SMILES string of the molecule is C#CCNCc1nnc(C)n1C. The summed E-state index contributed by atoms with van der Waals surface area (Å²) in [6, 6.07) is 0. The molecule has 0 saturated heterocycles. The summed E-state index contributed by atoms with van der Waals surface area (Å²) in [6.45, 7) is 3.14. The van der Waals surface area contributed by atoms with Gasteiger partial charge in [-0.05, 0) is 6.92 Å². The average Bonchev–Trinajstić information content (AvgIpc) is 2.36. The van der Waals surface area contributed by atoms with Gasteiger partial charge in [0.1, 0.15) is 11.6 Å². The summed E-state index contributed by atoms with van der Waals surface area (Å²) in [6.07, 6.45) is 5.08. The minimum atomic E-state index is 0.561. The molecule has 64 valence electrons. The van der Waals surface area contributed by atoms with Crippen LogP contribution >= 0.6 is 0 Å². The monoisotopic (exact) mass is 164 g/mol. The Labute approximate surface area is 72.0 Å². The van der Waals surface area contributed by atoms with E-state index in [9.17, 15) is 0 Å². The van der Waals surface area contributed by atoms with Crippen molar-refractivity contribution < 1.29 is 0 Å². The lowest BCUT2D eigenvalue weighted by molar-refractivity contribution is 0.678. The lowest BCUT2D eigenvalue weighted by atomic mass is 10.5. The molecule has 1 aromatic heterocycles. The minimum absolute atomic E-state index is 0.561. The first kappa shape index (κ1) is 8.75. The third kappa shape index (κ3) is 1.83. The van der Waals surface area contributed by atoms with Gasteiger partial charge in [-0.3, -0.25) is 5.32 Å². The molecule has 1 N–H and O–H groups in total. The van der Waals surface area contributed by atoms with E-state index in [0.717, 1.165) is 11.6 Å². The molecular formula is C8H12N4. The molecule has 1 heterocycles. The van der Waals surface area contributed by atoms with Crippen LogP contribution in [0.3, 0.4) is 0 Å². The molecule has 0 aliphatic rings. The van der Waals surface area contributed by atoms with E-state index in [1.807, 2.05) is 18.5 Å². The van der Waals surface area contributed by atoms with Crippen LogP contribution in [0.4, 0.5) is 0 Å². The molecule has 4 nitrogen and oxygen atoms in total. The smallest absolute Gasteiger partial charge is 0.146 e. The summed E-state index contributed by atoms with van der Waals surface area (Å²) in [7, 11) is 1.93. The van der Waals surface area contributed by atoms with Crippen LogP contribution in [0.25, 0.3) is 0 Å². The Bertz CT molecular complexity index is 294. The maximum Gasteiger partial charge on any atom is 0.146 e. The predicted molar refractivity (Wildman–Crippen MR) is 46.3 cm³/mol. The van der Waals surface area contributed by atoms with Gasteiger partial charge in [0, 0.05) is 7.05 Å². The summed E-state index contributed by atoms with van der Waals surface area (Å²) in [4.78, 5) is 0. The van der Waals surface area contributed by atoms with Crippen LogP contribution in [-0.4, -0.2) is 21.3 Å². The highest BCUT2D eigenvalue weighted by Crippen LogP contribution is 1.95. The van der Waals surface area contributed by atoms with E-state index in [1.54, 1.807) is 0 Å². The second-order valence-electron chi connectivity index (χ2n) is 2.53.